The zero-order chi connectivity index (χ0) is 17.0. The zero-order valence-electron chi connectivity index (χ0n) is 14.0. The Morgan fingerprint density at radius 2 is 1.42 bits per heavy atom. The molecule has 2 aromatic carbocycles. The Hall–Kier alpha value is -1.63. The number of hydrogen-bond acceptors (Lipinski definition) is 2. The number of rotatable bonds is 6. The maximum absolute atomic E-state index is 14.3. The summed E-state index contributed by atoms with van der Waals surface area (Å²) in [6.45, 7) is 4.34. The minimum Gasteiger partial charge on any atom is -0.396 e. The maximum Gasteiger partial charge on any atom is 0.125 e. The van der Waals surface area contributed by atoms with E-state index in [9.17, 15) is 9.67 Å². The van der Waals surface area contributed by atoms with Gasteiger partial charge >= 0.3 is 0 Å². The van der Waals surface area contributed by atoms with Gasteiger partial charge in [0, 0.05) is 17.9 Å². The van der Waals surface area contributed by atoms with E-state index in [2.05, 4.69) is 30.8 Å². The van der Waals surface area contributed by atoms with Crippen LogP contribution in [0.4, 0.5) is 0 Å². The molecule has 0 bridgehead atoms. The fraction of sp³-hybridized carbons (Fsp3) is 0.333. The molecule has 1 fully saturated rings. The Labute approximate surface area is 144 Å². The SMILES string of the molecule is C=C(CCCO)P1(=O)[C@@H](c2ccccc2)CC[C@@H]1c1ccccc1. The van der Waals surface area contributed by atoms with Crippen LogP contribution in [0, 0.1) is 0 Å². The lowest BCUT2D eigenvalue weighted by molar-refractivity contribution is 0.289. The van der Waals surface area contributed by atoms with Crippen LogP contribution in [0.25, 0.3) is 0 Å². The number of benzene rings is 2. The second kappa shape index (κ2) is 7.51. The van der Waals surface area contributed by atoms with Gasteiger partial charge in [-0.15, -0.1) is 0 Å². The molecule has 1 aliphatic heterocycles. The van der Waals surface area contributed by atoms with Crippen molar-refractivity contribution in [1.82, 2.24) is 0 Å². The summed E-state index contributed by atoms with van der Waals surface area (Å²) in [5.41, 5.74) is 2.42. The first-order valence-corrected chi connectivity index (χ1v) is 10.5. The normalized spacial score (nSPS) is 22.4. The van der Waals surface area contributed by atoms with Crippen LogP contribution in [0.15, 0.2) is 72.6 Å². The summed E-state index contributed by atoms with van der Waals surface area (Å²) in [6.07, 6.45) is 3.13. The van der Waals surface area contributed by atoms with E-state index >= 15 is 0 Å². The van der Waals surface area contributed by atoms with Gasteiger partial charge in [-0.1, -0.05) is 67.2 Å². The number of allylic oxidation sites excluding steroid dienone is 1. The summed E-state index contributed by atoms with van der Waals surface area (Å²) in [6, 6.07) is 20.4. The van der Waals surface area contributed by atoms with E-state index in [0.717, 1.165) is 29.3 Å². The van der Waals surface area contributed by atoms with Crippen molar-refractivity contribution in [3.63, 3.8) is 0 Å². The molecule has 126 valence electrons. The average molecular weight is 340 g/mol. The van der Waals surface area contributed by atoms with Crippen molar-refractivity contribution in [2.24, 2.45) is 0 Å². The highest BCUT2D eigenvalue weighted by atomic mass is 31.2. The van der Waals surface area contributed by atoms with E-state index in [0.29, 0.717) is 12.8 Å². The fourth-order valence-corrected chi connectivity index (χ4v) is 8.06. The fourth-order valence-electron chi connectivity index (χ4n) is 3.94. The van der Waals surface area contributed by atoms with Crippen LogP contribution >= 0.6 is 7.14 Å². The minimum absolute atomic E-state index is 0.0510. The van der Waals surface area contributed by atoms with Gasteiger partial charge in [0.1, 0.15) is 7.14 Å². The van der Waals surface area contributed by atoms with Gasteiger partial charge in [-0.3, -0.25) is 0 Å². The van der Waals surface area contributed by atoms with Crippen LogP contribution in [-0.4, -0.2) is 11.7 Å². The lowest BCUT2D eigenvalue weighted by atomic mass is 10.0. The van der Waals surface area contributed by atoms with Gasteiger partial charge in [0.05, 0.1) is 0 Å². The Morgan fingerprint density at radius 1 is 0.958 bits per heavy atom. The van der Waals surface area contributed by atoms with Crippen molar-refractivity contribution in [2.75, 3.05) is 6.61 Å². The molecule has 0 aliphatic carbocycles. The summed E-state index contributed by atoms with van der Waals surface area (Å²) in [5.74, 6) is 0. The Morgan fingerprint density at radius 3 is 1.83 bits per heavy atom. The summed E-state index contributed by atoms with van der Waals surface area (Å²) >= 11 is 0. The van der Waals surface area contributed by atoms with Gasteiger partial charge in [-0.05, 0) is 42.1 Å². The Balaban J connectivity index is 2.02. The van der Waals surface area contributed by atoms with Crippen molar-refractivity contribution in [3.05, 3.63) is 83.7 Å². The quantitative estimate of drug-likeness (QED) is 0.664. The van der Waals surface area contributed by atoms with Gasteiger partial charge < -0.3 is 9.67 Å². The summed E-state index contributed by atoms with van der Waals surface area (Å²) in [4.78, 5) is 0. The number of hydrogen-bond donors (Lipinski definition) is 1. The van der Waals surface area contributed by atoms with Gasteiger partial charge in [0.2, 0.25) is 0 Å². The van der Waals surface area contributed by atoms with E-state index in [1.807, 2.05) is 36.4 Å². The lowest BCUT2D eigenvalue weighted by Crippen LogP contribution is -2.02. The van der Waals surface area contributed by atoms with Crippen LogP contribution in [0.2, 0.25) is 0 Å². The molecule has 1 heterocycles. The van der Waals surface area contributed by atoms with Crippen molar-refractivity contribution in [1.29, 1.82) is 0 Å². The molecule has 2 atom stereocenters. The number of aliphatic hydroxyl groups excluding tert-OH is 1. The van der Waals surface area contributed by atoms with Crippen molar-refractivity contribution in [3.8, 4) is 0 Å². The molecule has 0 aromatic heterocycles. The third kappa shape index (κ3) is 3.14. The van der Waals surface area contributed by atoms with Crippen LogP contribution in [0.1, 0.15) is 48.1 Å². The molecular formula is C21H25O2P. The van der Waals surface area contributed by atoms with Gasteiger partial charge in [-0.25, -0.2) is 0 Å². The monoisotopic (exact) mass is 340 g/mol. The highest BCUT2D eigenvalue weighted by Crippen LogP contribution is 2.80. The first kappa shape index (κ1) is 17.2. The van der Waals surface area contributed by atoms with Crippen molar-refractivity contribution < 1.29 is 9.67 Å². The third-order valence-electron chi connectivity index (χ3n) is 5.13. The molecule has 1 saturated heterocycles. The van der Waals surface area contributed by atoms with E-state index < -0.39 is 7.14 Å². The molecule has 0 radical (unpaired) electrons. The molecule has 2 aromatic rings. The molecule has 3 rings (SSSR count). The summed E-state index contributed by atoms with van der Waals surface area (Å²) in [7, 11) is -2.66. The second-order valence-corrected chi connectivity index (χ2v) is 9.83. The molecule has 3 heteroatoms. The molecular weight excluding hydrogens is 315 g/mol. The van der Waals surface area contributed by atoms with Crippen LogP contribution < -0.4 is 0 Å². The van der Waals surface area contributed by atoms with Crippen LogP contribution in [0.5, 0.6) is 0 Å². The molecule has 0 unspecified atom stereocenters. The van der Waals surface area contributed by atoms with Gasteiger partial charge in [0.25, 0.3) is 0 Å². The molecule has 1 aliphatic rings. The van der Waals surface area contributed by atoms with Crippen molar-refractivity contribution >= 4 is 7.14 Å². The second-order valence-electron chi connectivity index (χ2n) is 6.53. The largest absolute Gasteiger partial charge is 0.396 e. The number of aliphatic hydroxyl groups is 1. The highest BCUT2D eigenvalue weighted by Gasteiger charge is 2.48. The van der Waals surface area contributed by atoms with Crippen molar-refractivity contribution in [2.45, 2.75) is 37.0 Å². The first-order valence-electron chi connectivity index (χ1n) is 8.66. The molecule has 0 saturated carbocycles. The Bertz CT molecular complexity index is 673. The van der Waals surface area contributed by atoms with Crippen LogP contribution in [-0.2, 0) is 4.57 Å². The van der Waals surface area contributed by atoms with E-state index in [4.69, 9.17) is 0 Å². The summed E-state index contributed by atoms with van der Waals surface area (Å²) in [5, 5.41) is 10.0. The summed E-state index contributed by atoms with van der Waals surface area (Å²) < 4.78 is 14.3. The Kier molecular flexibility index (Phi) is 5.38. The standard InChI is InChI=1S/C21H25O2P/c1-17(9-8-16-22)24(23)20(18-10-4-2-5-11-18)14-15-21(24)19-12-6-3-7-13-19/h2-7,10-13,20-22H,1,8-9,14-16H2/t20-,21-/m1/s1. The molecule has 0 spiro atoms. The first-order chi connectivity index (χ1) is 11.7. The smallest absolute Gasteiger partial charge is 0.125 e. The predicted octanol–water partition coefficient (Wildman–Crippen LogP) is 5.91. The topological polar surface area (TPSA) is 37.3 Å². The van der Waals surface area contributed by atoms with Gasteiger partial charge in [0.15, 0.2) is 0 Å². The highest BCUT2D eigenvalue weighted by molar-refractivity contribution is 7.69. The molecule has 1 N–H and O–H groups in total. The average Bonchev–Trinajstić information content (AvgIpc) is 2.99. The third-order valence-corrected chi connectivity index (χ3v) is 9.30. The minimum atomic E-state index is -2.66. The zero-order valence-corrected chi connectivity index (χ0v) is 14.9. The van der Waals surface area contributed by atoms with E-state index in [1.54, 1.807) is 0 Å². The maximum atomic E-state index is 14.3. The lowest BCUT2D eigenvalue weighted by Gasteiger charge is -2.29. The van der Waals surface area contributed by atoms with E-state index in [-0.39, 0.29) is 17.9 Å². The van der Waals surface area contributed by atoms with Crippen LogP contribution in [0.3, 0.4) is 0 Å². The molecule has 0 amide bonds. The predicted molar refractivity (Wildman–Crippen MR) is 101 cm³/mol. The molecule has 2 nitrogen and oxygen atoms in total. The van der Waals surface area contributed by atoms with E-state index in [1.165, 1.54) is 0 Å². The van der Waals surface area contributed by atoms with Gasteiger partial charge in [-0.2, -0.15) is 0 Å². The molecule has 24 heavy (non-hydrogen) atoms.